The average Bonchev–Trinajstić information content (AvgIpc) is 1.58. The second-order valence-corrected chi connectivity index (χ2v) is 37.4. The molecular formula is C136H88N6. The van der Waals surface area contributed by atoms with Crippen LogP contribution in [0, 0.1) is 0 Å². The van der Waals surface area contributed by atoms with Crippen LogP contribution in [-0.2, 0) is 0 Å². The number of fused-ring (bicyclic) bond motifs is 23. The maximum atomic E-state index is 2.42. The van der Waals surface area contributed by atoms with E-state index in [1.165, 1.54) is 252 Å². The third kappa shape index (κ3) is 13.6. The summed E-state index contributed by atoms with van der Waals surface area (Å²) in [6.07, 6.45) is 0. The molecule has 142 heavy (non-hydrogen) atoms. The molecule has 0 N–H and O–H groups in total. The summed E-state index contributed by atoms with van der Waals surface area (Å²) in [5, 5.41) is 25.3. The molecule has 0 unspecified atom stereocenters. The fourth-order valence-corrected chi connectivity index (χ4v) is 22.9. The van der Waals surface area contributed by atoms with Crippen molar-refractivity contribution in [2.75, 3.05) is 0 Å². The SMILES string of the molecule is c1ccc(-n2c3ccccc3c3cc(-c4ccc5c(c4)c4ccccc4n5-c4ccc5c(ccc6ccccc65)c4)ccc32)cc1.c1ccc(-n2c3ccccc3c3ccc(-c4ccc5c(c4)c4ccccc4n5-c4ccc(-c5ccc6ccccc6c5)cc4)cc32)cc1.c1ccc(-n2c3ccccc3c3ccc(-c4ccc5c(c4)c4ccccc4n5-c4ccc(-c5cccc6ccccc56)cc4)cc32)cc1. The molecule has 6 aromatic heterocycles. The Labute approximate surface area is 819 Å². The van der Waals surface area contributed by atoms with E-state index in [-0.39, 0.29) is 0 Å². The number of benzene rings is 24. The molecule has 6 nitrogen and oxygen atoms in total. The van der Waals surface area contributed by atoms with Crippen LogP contribution in [0.25, 0.3) is 264 Å². The molecule has 6 heteroatoms. The summed E-state index contributed by atoms with van der Waals surface area (Å²) in [6, 6.07) is 194. The van der Waals surface area contributed by atoms with Crippen LogP contribution in [0.5, 0.6) is 0 Å². The first-order valence-electron chi connectivity index (χ1n) is 48.9. The molecule has 0 aliphatic carbocycles. The largest absolute Gasteiger partial charge is 0.309 e. The van der Waals surface area contributed by atoms with Crippen molar-refractivity contribution in [1.82, 2.24) is 27.4 Å². The molecule has 0 saturated carbocycles. The Balaban J connectivity index is 0.000000104. The first-order valence-corrected chi connectivity index (χ1v) is 48.9. The van der Waals surface area contributed by atoms with Crippen LogP contribution in [0.1, 0.15) is 0 Å². The van der Waals surface area contributed by atoms with Gasteiger partial charge in [0.15, 0.2) is 0 Å². The monoisotopic (exact) mass is 1800 g/mol. The lowest BCUT2D eigenvalue weighted by Gasteiger charge is -2.11. The zero-order chi connectivity index (χ0) is 93.4. The fraction of sp³-hybridized carbons (Fsp3) is 0. The Bertz CT molecular complexity index is 10300. The highest BCUT2D eigenvalue weighted by Crippen LogP contribution is 2.46. The molecule has 0 spiro atoms. The summed E-state index contributed by atoms with van der Waals surface area (Å²) in [6.45, 7) is 0. The summed E-state index contributed by atoms with van der Waals surface area (Å²) in [5.41, 5.74) is 33.8. The van der Waals surface area contributed by atoms with E-state index in [0.29, 0.717) is 0 Å². The van der Waals surface area contributed by atoms with Crippen LogP contribution in [0.3, 0.4) is 0 Å². The summed E-state index contributed by atoms with van der Waals surface area (Å²) in [7, 11) is 0. The van der Waals surface area contributed by atoms with Crippen LogP contribution in [0.2, 0.25) is 0 Å². The van der Waals surface area contributed by atoms with Gasteiger partial charge in [-0.2, -0.15) is 0 Å². The zero-order valence-corrected chi connectivity index (χ0v) is 77.5. The van der Waals surface area contributed by atoms with E-state index in [0.717, 1.165) is 11.4 Å². The lowest BCUT2D eigenvalue weighted by atomic mass is 9.98. The van der Waals surface area contributed by atoms with Crippen molar-refractivity contribution in [3.05, 3.63) is 534 Å². The van der Waals surface area contributed by atoms with Gasteiger partial charge in [0, 0.05) is 98.8 Å². The third-order valence-electron chi connectivity index (χ3n) is 29.5. The smallest absolute Gasteiger partial charge is 0.0547 e. The summed E-state index contributed by atoms with van der Waals surface area (Å²) in [4.78, 5) is 0. The van der Waals surface area contributed by atoms with Gasteiger partial charge in [-0.1, -0.05) is 358 Å². The van der Waals surface area contributed by atoms with Crippen molar-refractivity contribution in [3.8, 4) is 89.8 Å². The number of aromatic nitrogens is 6. The lowest BCUT2D eigenvalue weighted by molar-refractivity contribution is 1.18. The van der Waals surface area contributed by atoms with Gasteiger partial charge in [0.2, 0.25) is 0 Å². The second kappa shape index (κ2) is 33.5. The van der Waals surface area contributed by atoms with Crippen molar-refractivity contribution in [2.45, 2.75) is 0 Å². The van der Waals surface area contributed by atoms with Gasteiger partial charge in [-0.05, 0) is 275 Å². The molecule has 0 bridgehead atoms. The Kier molecular flexibility index (Phi) is 19.2. The Morgan fingerprint density at radius 3 is 0.754 bits per heavy atom. The van der Waals surface area contributed by atoms with Crippen LogP contribution in [-0.4, -0.2) is 27.4 Å². The van der Waals surface area contributed by atoms with E-state index in [4.69, 9.17) is 0 Å². The van der Waals surface area contributed by atoms with E-state index in [2.05, 4.69) is 561 Å². The van der Waals surface area contributed by atoms with Gasteiger partial charge in [0.25, 0.3) is 0 Å². The van der Waals surface area contributed by atoms with E-state index >= 15 is 0 Å². The number of rotatable bonds is 11. The molecule has 0 radical (unpaired) electrons. The predicted molar refractivity (Wildman–Crippen MR) is 603 cm³/mol. The van der Waals surface area contributed by atoms with Crippen molar-refractivity contribution in [2.24, 2.45) is 0 Å². The van der Waals surface area contributed by atoms with Gasteiger partial charge in [0.1, 0.15) is 0 Å². The molecule has 0 atom stereocenters. The Morgan fingerprint density at radius 2 is 0.331 bits per heavy atom. The standard InChI is InChI=1S/2C46H30N2.C44H28N2/c1-2-13-35(14-3-1)48-43-19-8-6-16-39(43)41-27-23-34(30-46(41)48)33-24-28-45-42(29-33)40-17-7-9-20-44(40)47(45)36-25-21-32(22-26-36)38-18-10-12-31-11-4-5-15-37(31)38;1-2-12-37(13-3-1)48-43-16-8-6-14-39(43)41-26-22-36(30-46(41)48)35-23-27-45-42(29-35)40-15-7-9-17-44(40)47(45)38-24-20-32(21-25-38)34-19-18-31-10-4-5-11-33(31)28-34;1-2-11-33(12-3-1)45-41-16-8-6-14-37(41)39-27-30(20-24-43(39)45)31-21-25-44-40(28-31)38-15-7-9-17-42(38)46(44)34-22-23-36-32(26-34)19-18-29-10-4-5-13-35(29)36/h2*1-30H;1-28H. The van der Waals surface area contributed by atoms with Crippen LogP contribution in [0.15, 0.2) is 534 Å². The topological polar surface area (TPSA) is 29.6 Å². The molecule has 0 saturated heterocycles. The number of para-hydroxylation sites is 9. The molecule has 0 fully saturated rings. The van der Waals surface area contributed by atoms with E-state index in [1.807, 2.05) is 0 Å². The maximum Gasteiger partial charge on any atom is 0.0547 e. The molecule has 0 aliphatic heterocycles. The highest BCUT2D eigenvalue weighted by Gasteiger charge is 2.23. The summed E-state index contributed by atoms with van der Waals surface area (Å²) < 4.78 is 14.4. The molecule has 30 rings (SSSR count). The zero-order valence-electron chi connectivity index (χ0n) is 77.5. The highest BCUT2D eigenvalue weighted by atomic mass is 15.0. The number of hydrogen-bond acceptors (Lipinski definition) is 0. The molecule has 0 aliphatic rings. The fourth-order valence-electron chi connectivity index (χ4n) is 22.9. The van der Waals surface area contributed by atoms with Gasteiger partial charge in [0.05, 0.1) is 66.2 Å². The molecular weight excluding hydrogens is 1720 g/mol. The summed E-state index contributed by atoms with van der Waals surface area (Å²) >= 11 is 0. The third-order valence-corrected chi connectivity index (χ3v) is 29.5. The number of hydrogen-bond donors (Lipinski definition) is 0. The molecule has 24 aromatic carbocycles. The van der Waals surface area contributed by atoms with Crippen LogP contribution >= 0.6 is 0 Å². The minimum Gasteiger partial charge on any atom is -0.309 e. The van der Waals surface area contributed by atoms with Gasteiger partial charge < -0.3 is 27.4 Å². The molecule has 662 valence electrons. The van der Waals surface area contributed by atoms with Gasteiger partial charge >= 0.3 is 0 Å². The van der Waals surface area contributed by atoms with Gasteiger partial charge in [-0.15, -0.1) is 0 Å². The van der Waals surface area contributed by atoms with Crippen LogP contribution < -0.4 is 0 Å². The molecule has 6 heterocycles. The van der Waals surface area contributed by atoms with Crippen LogP contribution in [0.4, 0.5) is 0 Å². The maximum absolute atomic E-state index is 2.42. The first kappa shape index (κ1) is 81.5. The van der Waals surface area contributed by atoms with Crippen molar-refractivity contribution in [3.63, 3.8) is 0 Å². The van der Waals surface area contributed by atoms with Gasteiger partial charge in [-0.3, -0.25) is 0 Å². The van der Waals surface area contributed by atoms with E-state index in [9.17, 15) is 0 Å². The van der Waals surface area contributed by atoms with Crippen molar-refractivity contribution < 1.29 is 0 Å². The quantitative estimate of drug-likeness (QED) is 0.116. The Morgan fingerprint density at radius 1 is 0.0915 bits per heavy atom. The van der Waals surface area contributed by atoms with Crippen molar-refractivity contribution in [1.29, 1.82) is 0 Å². The first-order chi connectivity index (χ1) is 70.4. The highest BCUT2D eigenvalue weighted by molar-refractivity contribution is 6.18. The Hall–Kier alpha value is -18.9. The summed E-state index contributed by atoms with van der Waals surface area (Å²) in [5.74, 6) is 0. The van der Waals surface area contributed by atoms with E-state index < -0.39 is 0 Å². The normalized spacial score (nSPS) is 11.8. The van der Waals surface area contributed by atoms with E-state index in [1.54, 1.807) is 0 Å². The second-order valence-electron chi connectivity index (χ2n) is 37.4. The van der Waals surface area contributed by atoms with Gasteiger partial charge in [-0.25, -0.2) is 0 Å². The van der Waals surface area contributed by atoms with Crippen molar-refractivity contribution >= 4 is 174 Å². The number of nitrogens with zero attached hydrogens (tertiary/aromatic N) is 6. The molecule has 0 amide bonds. The predicted octanol–water partition coefficient (Wildman–Crippen LogP) is 36.6. The minimum atomic E-state index is 1.16. The minimum absolute atomic E-state index is 1.16. The average molecular weight is 1810 g/mol. The molecule has 30 aromatic rings. The lowest BCUT2D eigenvalue weighted by Crippen LogP contribution is -1.94.